The summed E-state index contributed by atoms with van der Waals surface area (Å²) in [5.41, 5.74) is 2.10. The number of rotatable bonds is 7. The minimum Gasteiger partial charge on any atom is -0.412 e. The van der Waals surface area contributed by atoms with Crippen molar-refractivity contribution in [2.24, 2.45) is 0 Å². The highest BCUT2D eigenvalue weighted by Gasteiger charge is 2.48. The average Bonchev–Trinajstić information content (AvgIpc) is 2.95. The lowest BCUT2D eigenvalue weighted by Crippen LogP contribution is -2.41. The van der Waals surface area contributed by atoms with Crippen LogP contribution in [-0.2, 0) is 26.4 Å². The van der Waals surface area contributed by atoms with Crippen LogP contribution < -0.4 is 4.90 Å². The van der Waals surface area contributed by atoms with Crippen molar-refractivity contribution in [3.05, 3.63) is 65.7 Å². The largest absolute Gasteiger partial charge is 0.412 e. The Morgan fingerprint density at radius 2 is 1.70 bits per heavy atom. The van der Waals surface area contributed by atoms with Crippen molar-refractivity contribution in [2.75, 3.05) is 44.4 Å². The number of ether oxygens (including phenoxy) is 2. The van der Waals surface area contributed by atoms with Crippen molar-refractivity contribution in [2.45, 2.75) is 25.5 Å². The summed E-state index contributed by atoms with van der Waals surface area (Å²) in [5, 5.41) is 0. The Labute approximate surface area is 184 Å². The van der Waals surface area contributed by atoms with Gasteiger partial charge in [-0.1, -0.05) is 48.5 Å². The third-order valence-corrected chi connectivity index (χ3v) is 5.66. The number of hydrogen-bond acceptors (Lipinski definition) is 4. The van der Waals surface area contributed by atoms with Gasteiger partial charge in [-0.05, 0) is 25.0 Å². The fourth-order valence-electron chi connectivity index (χ4n) is 4.05. The first-order chi connectivity index (χ1) is 13.7. The molecule has 2 N–H and O–H groups in total. The third-order valence-electron chi connectivity index (χ3n) is 5.66. The molecule has 1 fully saturated rings. The molecule has 0 spiro atoms. The first kappa shape index (κ1) is 24.3. The number of amides is 1. The molecule has 0 bridgehead atoms. The summed E-state index contributed by atoms with van der Waals surface area (Å²) < 4.78 is 11.6. The maximum Gasteiger partial charge on any atom is 0.263 e. The zero-order chi connectivity index (χ0) is 19.4. The number of para-hydroxylation sites is 1. The van der Waals surface area contributed by atoms with Crippen LogP contribution in [0.1, 0.15) is 24.5 Å². The Balaban J connectivity index is 0.00000160. The summed E-state index contributed by atoms with van der Waals surface area (Å²) in [5.74, 6) is 0.0175. The number of fused-ring (bicyclic) bond motifs is 1. The third kappa shape index (κ3) is 5.02. The van der Waals surface area contributed by atoms with Gasteiger partial charge in [-0.25, -0.2) is 0 Å². The molecule has 0 saturated carbocycles. The molecule has 2 aromatic rings. The number of anilines is 1. The first-order valence-electron chi connectivity index (χ1n) is 10.1. The van der Waals surface area contributed by atoms with E-state index in [2.05, 4.69) is 17.0 Å². The van der Waals surface area contributed by atoms with Gasteiger partial charge in [0.25, 0.3) is 5.91 Å². The smallest absolute Gasteiger partial charge is 0.263 e. The Morgan fingerprint density at radius 3 is 2.43 bits per heavy atom. The standard InChI is InChI=1S/C23H28N2O3.ClH.H2O/c1-23(28-15-7-12-24-13-16-27-17-14-24)20-10-5-6-11-21(20)25(22(23)26)18-19-8-3-2-4-9-19;;/h2-6,8-11H,7,12-18H2,1H3;1H;1H2. The lowest BCUT2D eigenvalue weighted by Gasteiger charge is -2.28. The number of hydrogen-bond donors (Lipinski definition) is 0. The molecule has 2 aromatic carbocycles. The Morgan fingerprint density at radius 1 is 1.03 bits per heavy atom. The minimum absolute atomic E-state index is 0. The molecular weight excluding hydrogens is 404 g/mol. The number of carbonyl (C=O) groups excluding carboxylic acids is 1. The molecule has 0 aliphatic carbocycles. The quantitative estimate of drug-likeness (QED) is 0.628. The second-order valence-electron chi connectivity index (χ2n) is 7.58. The van der Waals surface area contributed by atoms with E-state index in [-0.39, 0.29) is 23.8 Å². The molecule has 1 amide bonds. The summed E-state index contributed by atoms with van der Waals surface area (Å²) >= 11 is 0. The Bertz CT molecular complexity index is 814. The SMILES string of the molecule is CC1(OCCCN2CCOCC2)C(=O)N(Cc2ccccc2)c2ccccc21.Cl.O. The van der Waals surface area contributed by atoms with E-state index < -0.39 is 5.60 Å². The Kier molecular flexibility index (Phi) is 8.82. The molecule has 30 heavy (non-hydrogen) atoms. The highest BCUT2D eigenvalue weighted by molar-refractivity contribution is 6.06. The van der Waals surface area contributed by atoms with Crippen LogP contribution in [0.4, 0.5) is 5.69 Å². The van der Waals surface area contributed by atoms with Crippen LogP contribution in [-0.4, -0.2) is 55.7 Å². The van der Waals surface area contributed by atoms with Crippen molar-refractivity contribution in [3.8, 4) is 0 Å². The van der Waals surface area contributed by atoms with Crippen LogP contribution in [0, 0.1) is 0 Å². The minimum atomic E-state index is -0.920. The van der Waals surface area contributed by atoms with Gasteiger partial charge in [-0.15, -0.1) is 12.4 Å². The van der Waals surface area contributed by atoms with E-state index in [4.69, 9.17) is 9.47 Å². The molecule has 1 unspecified atom stereocenters. The number of morpholine rings is 1. The zero-order valence-electron chi connectivity index (χ0n) is 17.4. The number of halogens is 1. The van der Waals surface area contributed by atoms with Gasteiger partial charge in [0.2, 0.25) is 0 Å². The van der Waals surface area contributed by atoms with Gasteiger partial charge < -0.3 is 19.8 Å². The molecule has 1 saturated heterocycles. The molecule has 0 radical (unpaired) electrons. The monoisotopic (exact) mass is 434 g/mol. The maximum absolute atomic E-state index is 13.4. The molecule has 1 atom stereocenters. The predicted molar refractivity (Wildman–Crippen MR) is 120 cm³/mol. The predicted octanol–water partition coefficient (Wildman–Crippen LogP) is 2.78. The van der Waals surface area contributed by atoms with Crippen molar-refractivity contribution < 1.29 is 19.7 Å². The molecule has 2 heterocycles. The second-order valence-corrected chi connectivity index (χ2v) is 7.58. The molecule has 0 aromatic heterocycles. The van der Waals surface area contributed by atoms with Crippen LogP contribution >= 0.6 is 12.4 Å². The van der Waals surface area contributed by atoms with Gasteiger partial charge in [0.15, 0.2) is 5.60 Å². The fourth-order valence-corrected chi connectivity index (χ4v) is 4.05. The second kappa shape index (κ2) is 10.9. The number of benzene rings is 2. The topological polar surface area (TPSA) is 73.5 Å². The van der Waals surface area contributed by atoms with Crippen molar-refractivity contribution >= 4 is 24.0 Å². The van der Waals surface area contributed by atoms with Gasteiger partial charge in [-0.2, -0.15) is 0 Å². The highest BCUT2D eigenvalue weighted by atomic mass is 35.5. The lowest BCUT2D eigenvalue weighted by molar-refractivity contribution is -0.141. The molecule has 164 valence electrons. The van der Waals surface area contributed by atoms with E-state index in [1.807, 2.05) is 54.3 Å². The normalized spacial score (nSPS) is 21.0. The van der Waals surface area contributed by atoms with E-state index in [9.17, 15) is 4.79 Å². The zero-order valence-corrected chi connectivity index (χ0v) is 18.2. The van der Waals surface area contributed by atoms with Gasteiger partial charge in [0, 0.05) is 31.8 Å². The van der Waals surface area contributed by atoms with Gasteiger partial charge >= 0.3 is 0 Å². The highest BCUT2D eigenvalue weighted by Crippen LogP contribution is 2.43. The van der Waals surface area contributed by atoms with E-state index in [1.54, 1.807) is 0 Å². The van der Waals surface area contributed by atoms with Gasteiger partial charge in [-0.3, -0.25) is 9.69 Å². The van der Waals surface area contributed by atoms with Crippen molar-refractivity contribution in [3.63, 3.8) is 0 Å². The van der Waals surface area contributed by atoms with Gasteiger partial charge in [0.1, 0.15) is 0 Å². The fraction of sp³-hybridized carbons (Fsp3) is 0.435. The number of nitrogens with zero attached hydrogens (tertiary/aromatic N) is 2. The van der Waals surface area contributed by atoms with E-state index in [1.165, 1.54) is 0 Å². The van der Waals surface area contributed by atoms with Crippen molar-refractivity contribution in [1.29, 1.82) is 0 Å². The van der Waals surface area contributed by atoms with E-state index in [0.29, 0.717) is 13.2 Å². The summed E-state index contributed by atoms with van der Waals surface area (Å²) in [7, 11) is 0. The van der Waals surface area contributed by atoms with Crippen LogP contribution in [0.2, 0.25) is 0 Å². The van der Waals surface area contributed by atoms with Crippen LogP contribution in [0.15, 0.2) is 54.6 Å². The van der Waals surface area contributed by atoms with Crippen LogP contribution in [0.25, 0.3) is 0 Å². The maximum atomic E-state index is 13.4. The van der Waals surface area contributed by atoms with E-state index in [0.717, 1.165) is 56.1 Å². The Hall–Kier alpha value is -1.96. The van der Waals surface area contributed by atoms with Crippen LogP contribution in [0.3, 0.4) is 0 Å². The summed E-state index contributed by atoms with van der Waals surface area (Å²) in [4.78, 5) is 17.6. The molecule has 2 aliphatic heterocycles. The molecular formula is C23H31ClN2O4. The molecule has 2 aliphatic rings. The van der Waals surface area contributed by atoms with Crippen LogP contribution in [0.5, 0.6) is 0 Å². The average molecular weight is 435 g/mol. The molecule has 7 heteroatoms. The summed E-state index contributed by atoms with van der Waals surface area (Å²) in [6.45, 7) is 7.57. The lowest BCUT2D eigenvalue weighted by atomic mass is 9.97. The number of carbonyl (C=O) groups is 1. The molecule has 4 rings (SSSR count). The first-order valence-corrected chi connectivity index (χ1v) is 10.1. The van der Waals surface area contributed by atoms with E-state index >= 15 is 0 Å². The van der Waals surface area contributed by atoms with Crippen molar-refractivity contribution in [1.82, 2.24) is 4.90 Å². The summed E-state index contributed by atoms with van der Waals surface area (Å²) in [6.07, 6.45) is 0.906. The van der Waals surface area contributed by atoms with Gasteiger partial charge in [0.05, 0.1) is 25.4 Å². The summed E-state index contributed by atoms with van der Waals surface area (Å²) in [6, 6.07) is 18.1. The molecule has 6 nitrogen and oxygen atoms in total.